The fourth-order valence-electron chi connectivity index (χ4n) is 2.32. The summed E-state index contributed by atoms with van der Waals surface area (Å²) in [4.78, 5) is 27.3. The maximum atomic E-state index is 12.0. The van der Waals surface area contributed by atoms with Gasteiger partial charge in [-0.3, -0.25) is 9.69 Å². The van der Waals surface area contributed by atoms with Gasteiger partial charge in [-0.15, -0.1) is 0 Å². The van der Waals surface area contributed by atoms with Gasteiger partial charge in [0.05, 0.1) is 13.2 Å². The molecule has 2 amide bonds. The van der Waals surface area contributed by atoms with E-state index >= 15 is 0 Å². The third kappa shape index (κ3) is 4.63. The van der Waals surface area contributed by atoms with Crippen LogP contribution in [0.5, 0.6) is 0 Å². The highest BCUT2D eigenvalue weighted by Gasteiger charge is 2.23. The molecular weight excluding hydrogens is 284 g/mol. The third-order valence-electron chi connectivity index (χ3n) is 3.44. The first kappa shape index (κ1) is 16.1. The third-order valence-corrected chi connectivity index (χ3v) is 3.44. The van der Waals surface area contributed by atoms with Crippen molar-refractivity contribution in [1.82, 2.24) is 9.80 Å². The molecular formula is C15H22N4O3. The summed E-state index contributed by atoms with van der Waals surface area (Å²) in [6.45, 7) is 4.92. The maximum Gasteiger partial charge on any atom is 0.409 e. The van der Waals surface area contributed by atoms with Crippen molar-refractivity contribution in [1.29, 1.82) is 0 Å². The van der Waals surface area contributed by atoms with Crippen molar-refractivity contribution in [3.8, 4) is 0 Å². The summed E-state index contributed by atoms with van der Waals surface area (Å²) in [5.74, 6) is -0.0878. The summed E-state index contributed by atoms with van der Waals surface area (Å²) >= 11 is 0. The van der Waals surface area contributed by atoms with Gasteiger partial charge in [-0.2, -0.15) is 0 Å². The number of nitrogens with two attached hydrogens (primary N) is 1. The Kier molecular flexibility index (Phi) is 5.60. The van der Waals surface area contributed by atoms with E-state index in [0.717, 1.165) is 0 Å². The summed E-state index contributed by atoms with van der Waals surface area (Å²) < 4.78 is 4.97. The number of piperazine rings is 1. The molecule has 7 nitrogen and oxygen atoms in total. The van der Waals surface area contributed by atoms with Crippen molar-refractivity contribution in [2.45, 2.75) is 6.92 Å². The molecule has 0 atom stereocenters. The average Bonchev–Trinajstić information content (AvgIpc) is 2.48. The van der Waals surface area contributed by atoms with E-state index in [-0.39, 0.29) is 12.0 Å². The minimum Gasteiger partial charge on any atom is -0.450 e. The van der Waals surface area contributed by atoms with Crippen LogP contribution in [0.3, 0.4) is 0 Å². The second-order valence-electron chi connectivity index (χ2n) is 5.14. The van der Waals surface area contributed by atoms with Crippen LogP contribution in [0, 0.1) is 0 Å². The molecule has 0 radical (unpaired) electrons. The van der Waals surface area contributed by atoms with Gasteiger partial charge in [0.15, 0.2) is 0 Å². The first-order chi connectivity index (χ1) is 10.6. The fourth-order valence-corrected chi connectivity index (χ4v) is 2.32. The van der Waals surface area contributed by atoms with Crippen LogP contribution < -0.4 is 11.1 Å². The molecule has 1 saturated heterocycles. The van der Waals surface area contributed by atoms with E-state index in [1.165, 1.54) is 0 Å². The van der Waals surface area contributed by atoms with Crippen molar-refractivity contribution in [2.24, 2.45) is 0 Å². The quantitative estimate of drug-likeness (QED) is 0.810. The lowest BCUT2D eigenvalue weighted by molar-refractivity contribution is -0.117. The standard InChI is InChI=1S/C15H22N4O3/c1-2-22-15(21)19-8-6-18(7-9-19)11-14(20)17-13-5-3-4-12(16)10-13/h3-5,10H,2,6-9,11,16H2,1H3,(H,17,20). The Morgan fingerprint density at radius 2 is 2.00 bits per heavy atom. The molecule has 0 bridgehead atoms. The van der Waals surface area contributed by atoms with Crippen LogP contribution in [0.2, 0.25) is 0 Å². The van der Waals surface area contributed by atoms with Gasteiger partial charge in [0.2, 0.25) is 5.91 Å². The van der Waals surface area contributed by atoms with Crippen molar-refractivity contribution in [2.75, 3.05) is 50.4 Å². The molecule has 1 aliphatic heterocycles. The summed E-state index contributed by atoms with van der Waals surface area (Å²) in [7, 11) is 0. The summed E-state index contributed by atoms with van der Waals surface area (Å²) in [6.07, 6.45) is -0.286. The number of carbonyl (C=O) groups is 2. The molecule has 2 rings (SSSR count). The number of amides is 2. The van der Waals surface area contributed by atoms with E-state index in [0.29, 0.717) is 50.7 Å². The Labute approximate surface area is 130 Å². The van der Waals surface area contributed by atoms with E-state index in [2.05, 4.69) is 5.32 Å². The molecule has 0 aromatic heterocycles. The first-order valence-electron chi connectivity index (χ1n) is 7.38. The van der Waals surface area contributed by atoms with Crippen LogP contribution in [0.1, 0.15) is 6.92 Å². The molecule has 1 aromatic carbocycles. The number of carbonyl (C=O) groups excluding carboxylic acids is 2. The van der Waals surface area contributed by atoms with Crippen molar-refractivity contribution in [3.63, 3.8) is 0 Å². The number of hydrogen-bond acceptors (Lipinski definition) is 5. The van der Waals surface area contributed by atoms with E-state index in [1.807, 2.05) is 4.90 Å². The van der Waals surface area contributed by atoms with Gasteiger partial charge in [-0.1, -0.05) is 6.07 Å². The lowest BCUT2D eigenvalue weighted by atomic mass is 10.2. The highest BCUT2D eigenvalue weighted by atomic mass is 16.6. The van der Waals surface area contributed by atoms with Crippen molar-refractivity contribution >= 4 is 23.4 Å². The van der Waals surface area contributed by atoms with Gasteiger partial charge in [0, 0.05) is 37.6 Å². The molecule has 1 fully saturated rings. The van der Waals surface area contributed by atoms with E-state index in [1.54, 1.807) is 36.1 Å². The molecule has 22 heavy (non-hydrogen) atoms. The predicted octanol–water partition coefficient (Wildman–Crippen LogP) is 0.981. The Morgan fingerprint density at radius 1 is 1.27 bits per heavy atom. The first-order valence-corrected chi connectivity index (χ1v) is 7.38. The zero-order valence-corrected chi connectivity index (χ0v) is 12.7. The van der Waals surface area contributed by atoms with Gasteiger partial charge < -0.3 is 20.7 Å². The van der Waals surface area contributed by atoms with Crippen LogP contribution in [-0.4, -0.2) is 61.1 Å². The molecule has 0 aliphatic carbocycles. The van der Waals surface area contributed by atoms with Crippen LogP contribution >= 0.6 is 0 Å². The van der Waals surface area contributed by atoms with E-state index < -0.39 is 0 Å². The Hall–Kier alpha value is -2.28. The van der Waals surface area contributed by atoms with E-state index in [4.69, 9.17) is 10.5 Å². The Bertz CT molecular complexity index is 527. The Morgan fingerprint density at radius 3 is 2.64 bits per heavy atom. The molecule has 7 heteroatoms. The predicted molar refractivity (Wildman–Crippen MR) is 84.5 cm³/mol. The number of nitrogens with one attached hydrogen (secondary N) is 1. The topological polar surface area (TPSA) is 87.9 Å². The molecule has 0 unspecified atom stereocenters. The zero-order valence-electron chi connectivity index (χ0n) is 12.7. The van der Waals surface area contributed by atoms with Gasteiger partial charge in [-0.25, -0.2) is 4.79 Å². The summed E-state index contributed by atoms with van der Waals surface area (Å²) in [5, 5.41) is 2.82. The van der Waals surface area contributed by atoms with Crippen molar-refractivity contribution in [3.05, 3.63) is 24.3 Å². The summed E-state index contributed by atoms with van der Waals surface area (Å²) in [5.41, 5.74) is 6.98. The lowest BCUT2D eigenvalue weighted by Crippen LogP contribution is -2.50. The highest BCUT2D eigenvalue weighted by Crippen LogP contribution is 2.12. The van der Waals surface area contributed by atoms with Crippen LogP contribution in [0.15, 0.2) is 24.3 Å². The number of anilines is 2. The van der Waals surface area contributed by atoms with Crippen molar-refractivity contribution < 1.29 is 14.3 Å². The molecule has 3 N–H and O–H groups in total. The number of benzene rings is 1. The normalized spacial score (nSPS) is 15.4. The highest BCUT2D eigenvalue weighted by molar-refractivity contribution is 5.92. The van der Waals surface area contributed by atoms with Gasteiger partial charge in [0.25, 0.3) is 0 Å². The molecule has 1 heterocycles. The Balaban J connectivity index is 1.76. The number of ether oxygens (including phenoxy) is 1. The maximum absolute atomic E-state index is 12.0. The molecule has 0 saturated carbocycles. The van der Waals surface area contributed by atoms with Gasteiger partial charge >= 0.3 is 6.09 Å². The minimum atomic E-state index is -0.286. The van der Waals surface area contributed by atoms with Crippen LogP contribution in [-0.2, 0) is 9.53 Å². The number of nitrogens with zero attached hydrogens (tertiary/aromatic N) is 2. The average molecular weight is 306 g/mol. The van der Waals surface area contributed by atoms with Gasteiger partial charge in [0.1, 0.15) is 0 Å². The largest absolute Gasteiger partial charge is 0.450 e. The summed E-state index contributed by atoms with van der Waals surface area (Å²) in [6, 6.07) is 7.08. The lowest BCUT2D eigenvalue weighted by Gasteiger charge is -2.33. The van der Waals surface area contributed by atoms with Crippen LogP contribution in [0.25, 0.3) is 0 Å². The van der Waals surface area contributed by atoms with Gasteiger partial charge in [-0.05, 0) is 25.1 Å². The van der Waals surface area contributed by atoms with Crippen LogP contribution in [0.4, 0.5) is 16.2 Å². The molecule has 0 spiro atoms. The SMILES string of the molecule is CCOC(=O)N1CCN(CC(=O)Nc2cccc(N)c2)CC1. The molecule has 1 aromatic rings. The monoisotopic (exact) mass is 306 g/mol. The number of rotatable bonds is 4. The molecule has 1 aliphatic rings. The zero-order chi connectivity index (χ0) is 15.9. The minimum absolute atomic E-state index is 0.0878. The molecule has 120 valence electrons. The fraction of sp³-hybridized carbons (Fsp3) is 0.467. The number of nitrogen functional groups attached to an aromatic ring is 1. The number of hydrogen-bond donors (Lipinski definition) is 2. The second kappa shape index (κ2) is 7.65. The second-order valence-corrected chi connectivity index (χ2v) is 5.14. The smallest absolute Gasteiger partial charge is 0.409 e. The van der Waals surface area contributed by atoms with E-state index in [9.17, 15) is 9.59 Å².